The normalized spacial score (nSPS) is 19.9. The van der Waals surface area contributed by atoms with Crippen molar-refractivity contribution < 1.29 is 47.5 Å². The summed E-state index contributed by atoms with van der Waals surface area (Å²) in [7, 11) is 4.51. The van der Waals surface area contributed by atoms with E-state index in [9.17, 15) is 9.59 Å². The third-order valence-electron chi connectivity index (χ3n) is 12.9. The topological polar surface area (TPSA) is 208 Å². The second-order valence-electron chi connectivity index (χ2n) is 17.6. The zero-order valence-electron chi connectivity index (χ0n) is 40.7. The maximum absolute atomic E-state index is 12.2. The van der Waals surface area contributed by atoms with Crippen molar-refractivity contribution in [3.8, 4) is 57.3 Å². The molecule has 0 spiro atoms. The predicted octanol–water partition coefficient (Wildman–Crippen LogP) is 9.00. The molecule has 6 atom stereocenters. The highest BCUT2D eigenvalue weighted by molar-refractivity contribution is 6.41. The lowest BCUT2D eigenvalue weighted by Crippen LogP contribution is -2.45. The van der Waals surface area contributed by atoms with Gasteiger partial charge >= 0.3 is 0 Å². The molecule has 74 heavy (non-hydrogen) atoms. The maximum Gasteiger partial charge on any atom is 0.243 e. The highest BCUT2D eigenvalue weighted by Crippen LogP contribution is 2.49. The SMILES string of the molecule is C=CC(=O)N[C@H]1COC[C@H]1Nc1cc2c(OCC3CC3COc3cc(OC)c(Cl)c(-c4cc5cnc(N[C@@H]6COC[C@@H]6NC(=O)C=C)cc5c(OCC)n4)c3Cl)nc(-c3c(Cl)c(OC)cc(OC)c3Cl)cc2cn1. The van der Waals surface area contributed by atoms with E-state index in [4.69, 9.17) is 99.3 Å². The third kappa shape index (κ3) is 11.1. The van der Waals surface area contributed by atoms with E-state index in [0.29, 0.717) is 130 Å². The van der Waals surface area contributed by atoms with Crippen LogP contribution in [0.5, 0.6) is 34.8 Å². The fraction of sp³-hybridized carbons (Fsp3) is 0.346. The van der Waals surface area contributed by atoms with Gasteiger partial charge in [0.2, 0.25) is 23.6 Å². The first-order valence-corrected chi connectivity index (χ1v) is 25.1. The number of nitrogens with one attached hydrogen (secondary N) is 4. The minimum Gasteiger partial charge on any atom is -0.495 e. The monoisotopic (exact) mass is 1090 g/mol. The Morgan fingerprint density at radius 1 is 0.608 bits per heavy atom. The molecule has 6 aromatic rings. The van der Waals surface area contributed by atoms with Crippen LogP contribution < -0.4 is 49.7 Å². The Hall–Kier alpha value is -6.54. The van der Waals surface area contributed by atoms with Crippen LogP contribution in [0.4, 0.5) is 11.6 Å². The number of carbonyl (C=O) groups excluding carboxylic acids is 2. The van der Waals surface area contributed by atoms with Crippen LogP contribution in [-0.2, 0) is 19.1 Å². The highest BCUT2D eigenvalue weighted by Gasteiger charge is 2.39. The molecule has 2 amide bonds. The Morgan fingerprint density at radius 2 is 1.03 bits per heavy atom. The lowest BCUT2D eigenvalue weighted by Gasteiger charge is -2.21. The molecule has 2 unspecified atom stereocenters. The number of methoxy groups -OCH3 is 3. The lowest BCUT2D eigenvalue weighted by atomic mass is 10.1. The molecule has 6 heterocycles. The highest BCUT2D eigenvalue weighted by atomic mass is 35.5. The van der Waals surface area contributed by atoms with Gasteiger partial charge in [0.1, 0.15) is 34.6 Å². The van der Waals surface area contributed by atoms with Crippen molar-refractivity contribution in [2.75, 3.05) is 78.2 Å². The number of pyridine rings is 4. The summed E-state index contributed by atoms with van der Waals surface area (Å²) < 4.78 is 47.3. The van der Waals surface area contributed by atoms with Crippen LogP contribution in [-0.4, -0.2) is 123 Å². The molecule has 388 valence electrons. The first-order chi connectivity index (χ1) is 35.8. The van der Waals surface area contributed by atoms with Gasteiger partial charge in [-0.3, -0.25) is 9.59 Å². The second kappa shape index (κ2) is 22.9. The minimum absolute atomic E-state index is 0.0807. The zero-order chi connectivity index (χ0) is 52.2. The number of hydrogen-bond donors (Lipinski definition) is 4. The fourth-order valence-electron chi connectivity index (χ4n) is 8.82. The van der Waals surface area contributed by atoms with Crippen molar-refractivity contribution in [2.45, 2.75) is 37.5 Å². The van der Waals surface area contributed by atoms with Gasteiger partial charge in [-0.25, -0.2) is 19.9 Å². The number of carbonyl (C=O) groups is 2. The van der Waals surface area contributed by atoms with Crippen molar-refractivity contribution in [1.82, 2.24) is 30.6 Å². The molecule has 4 N–H and O–H groups in total. The average Bonchev–Trinajstić information content (AvgIpc) is 3.79. The molecule has 2 aromatic carbocycles. The number of rotatable bonds is 21. The number of anilines is 2. The molecule has 9 rings (SSSR count). The van der Waals surface area contributed by atoms with Crippen LogP contribution in [0, 0.1) is 11.8 Å². The van der Waals surface area contributed by atoms with E-state index >= 15 is 0 Å². The molecule has 2 saturated heterocycles. The van der Waals surface area contributed by atoms with Gasteiger partial charge in [0.05, 0.1) is 123 Å². The molecule has 3 aliphatic rings. The Labute approximate surface area is 446 Å². The number of benzene rings is 2. The van der Waals surface area contributed by atoms with Crippen LogP contribution in [0.3, 0.4) is 0 Å². The summed E-state index contributed by atoms with van der Waals surface area (Å²) in [5.74, 6) is 2.65. The van der Waals surface area contributed by atoms with E-state index in [-0.39, 0.29) is 74.5 Å². The number of aromatic nitrogens is 4. The molecule has 0 bridgehead atoms. The largest absolute Gasteiger partial charge is 0.495 e. The van der Waals surface area contributed by atoms with Gasteiger partial charge in [-0.05, 0) is 61.6 Å². The summed E-state index contributed by atoms with van der Waals surface area (Å²) in [6, 6.07) is 9.49. The molecule has 1 aliphatic carbocycles. The maximum atomic E-state index is 12.2. The van der Waals surface area contributed by atoms with E-state index in [1.165, 1.54) is 33.5 Å². The van der Waals surface area contributed by atoms with Crippen molar-refractivity contribution >= 4 is 91.4 Å². The summed E-state index contributed by atoms with van der Waals surface area (Å²) in [6.07, 6.45) is 6.63. The molecular formula is C52H52Cl4N8O10. The van der Waals surface area contributed by atoms with Gasteiger partial charge < -0.3 is 59.2 Å². The first-order valence-electron chi connectivity index (χ1n) is 23.6. The number of halogens is 4. The molecule has 18 nitrogen and oxygen atoms in total. The van der Waals surface area contributed by atoms with Gasteiger partial charge in [0.15, 0.2) is 0 Å². The molecule has 22 heteroatoms. The molecule has 2 aliphatic heterocycles. The van der Waals surface area contributed by atoms with Crippen LogP contribution in [0.1, 0.15) is 13.3 Å². The first kappa shape index (κ1) is 52.3. The summed E-state index contributed by atoms with van der Waals surface area (Å²) in [5, 5.41) is 16.3. The van der Waals surface area contributed by atoms with E-state index in [0.717, 1.165) is 6.42 Å². The Balaban J connectivity index is 0.950. The number of nitrogens with zero attached hydrogens (tertiary/aromatic N) is 4. The third-order valence-corrected chi connectivity index (χ3v) is 14.4. The van der Waals surface area contributed by atoms with Crippen LogP contribution in [0.25, 0.3) is 44.1 Å². The Kier molecular flexibility index (Phi) is 16.2. The van der Waals surface area contributed by atoms with E-state index in [1.54, 1.807) is 24.5 Å². The van der Waals surface area contributed by atoms with Gasteiger partial charge in [-0.2, -0.15) is 0 Å². The molecular weight excluding hydrogens is 1040 g/mol. The summed E-state index contributed by atoms with van der Waals surface area (Å²) >= 11 is 28.0. The van der Waals surface area contributed by atoms with Crippen LogP contribution >= 0.6 is 46.4 Å². The van der Waals surface area contributed by atoms with Gasteiger partial charge in [-0.15, -0.1) is 0 Å². The summed E-state index contributed by atoms with van der Waals surface area (Å²) in [6.45, 7) is 11.3. The smallest absolute Gasteiger partial charge is 0.243 e. The molecule has 0 radical (unpaired) electrons. The van der Waals surface area contributed by atoms with E-state index < -0.39 is 0 Å². The average molecular weight is 1090 g/mol. The van der Waals surface area contributed by atoms with E-state index in [2.05, 4.69) is 39.4 Å². The Morgan fingerprint density at radius 3 is 1.47 bits per heavy atom. The van der Waals surface area contributed by atoms with Crippen LogP contribution in [0.2, 0.25) is 20.1 Å². The number of hydrogen-bond acceptors (Lipinski definition) is 16. The standard InChI is InChI=1S/C52H52Cl4N8O10/c1-7-43(65)61-35-23-70-21-33(35)59-41-13-29-25(17-57-41)11-32(63-51(29)72-9-3)46-49(55)39(69-6)16-40(50(46)56)73-19-27-10-28(27)20-74-52-30-14-42(60-34-22-71-24-36(34)62-44(66)8-2)58-18-26(30)12-31(64-52)45-47(53)37(67-4)15-38(68-5)48(45)54/h7-8,11-18,27-28,33-36H,1-2,9-10,19-24H2,3-6H3,(H,57,59)(H,58,60)(H,61,65)(H,62,66)/t27?,28?,33-,34-,35+,36+/m1/s1. The quantitative estimate of drug-likeness (QED) is 0.0496. The van der Waals surface area contributed by atoms with Crippen molar-refractivity contribution in [3.05, 3.63) is 94.2 Å². The zero-order valence-corrected chi connectivity index (χ0v) is 43.7. The van der Waals surface area contributed by atoms with Gasteiger partial charge in [0, 0.05) is 57.2 Å². The number of fused-ring (bicyclic) bond motifs is 2. The second-order valence-corrected chi connectivity index (χ2v) is 19.1. The van der Waals surface area contributed by atoms with Crippen molar-refractivity contribution in [1.29, 1.82) is 0 Å². The van der Waals surface area contributed by atoms with Crippen LogP contribution in [0.15, 0.2) is 74.1 Å². The van der Waals surface area contributed by atoms with Gasteiger partial charge in [-0.1, -0.05) is 59.6 Å². The number of ether oxygens (including phenoxy) is 8. The summed E-state index contributed by atoms with van der Waals surface area (Å²) in [5.41, 5.74) is 1.60. The molecule has 1 saturated carbocycles. The van der Waals surface area contributed by atoms with Crippen molar-refractivity contribution in [2.24, 2.45) is 11.8 Å². The lowest BCUT2D eigenvalue weighted by molar-refractivity contribution is -0.118. The molecule has 4 aromatic heterocycles. The molecule has 3 fully saturated rings. The van der Waals surface area contributed by atoms with Crippen molar-refractivity contribution in [3.63, 3.8) is 0 Å². The fourth-order valence-corrected chi connectivity index (χ4v) is 10.2. The number of amides is 2. The minimum atomic E-state index is -0.307. The Bertz CT molecular complexity index is 3120. The van der Waals surface area contributed by atoms with Gasteiger partial charge in [0.25, 0.3) is 0 Å². The summed E-state index contributed by atoms with van der Waals surface area (Å²) in [4.78, 5) is 43.4. The predicted molar refractivity (Wildman–Crippen MR) is 284 cm³/mol. The van der Waals surface area contributed by atoms with E-state index in [1.807, 2.05) is 31.2 Å².